The molecule has 0 aliphatic carbocycles. The maximum Gasteiger partial charge on any atom is 0.244 e. The molecule has 1 amide bonds. The number of aryl methyl sites for hydroxylation is 2. The fourth-order valence-corrected chi connectivity index (χ4v) is 2.52. The Hall–Kier alpha value is -2.33. The number of carbonyl (C=O) groups excluding carboxylic acids is 1. The Morgan fingerprint density at radius 2 is 2.04 bits per heavy atom. The number of nitrogens with zero attached hydrogens (tertiary/aromatic N) is 1. The van der Waals surface area contributed by atoms with Crippen LogP contribution >= 0.6 is 11.6 Å². The van der Waals surface area contributed by atoms with Gasteiger partial charge in [0.2, 0.25) is 5.91 Å². The quantitative estimate of drug-likeness (QED) is 0.635. The van der Waals surface area contributed by atoms with Crippen LogP contribution in [0.5, 0.6) is 5.75 Å². The van der Waals surface area contributed by atoms with E-state index in [0.717, 1.165) is 16.7 Å². The summed E-state index contributed by atoms with van der Waals surface area (Å²) >= 11 is 5.99. The lowest BCUT2D eigenvalue weighted by atomic mass is 10.0. The van der Waals surface area contributed by atoms with E-state index in [9.17, 15) is 4.79 Å². The predicted octanol–water partition coefficient (Wildman–Crippen LogP) is 4.05. The first-order valence-electron chi connectivity index (χ1n) is 7.80. The summed E-state index contributed by atoms with van der Waals surface area (Å²) in [4.78, 5) is 12.0. The highest BCUT2D eigenvalue weighted by Gasteiger charge is 2.06. The van der Waals surface area contributed by atoms with Crippen LogP contribution in [0.4, 0.5) is 0 Å². The monoisotopic (exact) mass is 344 g/mol. The molecule has 5 heteroatoms. The average Bonchev–Trinajstić information content (AvgIpc) is 2.53. The second kappa shape index (κ2) is 8.50. The van der Waals surface area contributed by atoms with Crippen LogP contribution in [-0.4, -0.2) is 18.7 Å². The van der Waals surface area contributed by atoms with Gasteiger partial charge in [-0.05, 0) is 50.1 Å². The largest absolute Gasteiger partial charge is 0.493 e. The predicted molar refractivity (Wildman–Crippen MR) is 98.0 cm³/mol. The third-order valence-corrected chi connectivity index (χ3v) is 3.75. The number of rotatable bonds is 6. The fourth-order valence-electron chi connectivity index (χ4n) is 2.34. The van der Waals surface area contributed by atoms with E-state index in [0.29, 0.717) is 17.4 Å². The van der Waals surface area contributed by atoms with Crippen LogP contribution in [-0.2, 0) is 11.2 Å². The molecule has 0 saturated heterocycles. The number of nitrogens with one attached hydrogen (secondary N) is 1. The molecule has 0 saturated carbocycles. The van der Waals surface area contributed by atoms with Gasteiger partial charge in [0, 0.05) is 10.6 Å². The van der Waals surface area contributed by atoms with E-state index in [2.05, 4.69) is 16.6 Å². The van der Waals surface area contributed by atoms with Crippen molar-refractivity contribution in [2.45, 2.75) is 27.2 Å². The van der Waals surface area contributed by atoms with E-state index in [1.165, 1.54) is 11.8 Å². The molecule has 0 atom stereocenters. The molecular weight excluding hydrogens is 324 g/mol. The van der Waals surface area contributed by atoms with Crippen molar-refractivity contribution in [3.63, 3.8) is 0 Å². The number of amides is 1. The molecule has 2 aromatic carbocycles. The minimum absolute atomic E-state index is 0.168. The topological polar surface area (TPSA) is 50.7 Å². The third-order valence-electron chi connectivity index (χ3n) is 3.51. The average molecular weight is 345 g/mol. The van der Waals surface area contributed by atoms with Crippen molar-refractivity contribution in [1.82, 2.24) is 5.43 Å². The summed E-state index contributed by atoms with van der Waals surface area (Å²) in [6, 6.07) is 11.3. The van der Waals surface area contributed by atoms with Gasteiger partial charge in [-0.3, -0.25) is 4.79 Å². The number of hydrogen-bond donors (Lipinski definition) is 1. The number of hydrogen-bond acceptors (Lipinski definition) is 3. The van der Waals surface area contributed by atoms with Crippen molar-refractivity contribution in [3.05, 3.63) is 63.7 Å². The van der Waals surface area contributed by atoms with Gasteiger partial charge in [-0.15, -0.1) is 0 Å². The first kappa shape index (κ1) is 18.0. The number of benzene rings is 2. The molecule has 0 aliphatic heterocycles. The van der Waals surface area contributed by atoms with Crippen LogP contribution in [0.15, 0.2) is 41.5 Å². The Bertz CT molecular complexity index is 757. The Morgan fingerprint density at radius 1 is 1.25 bits per heavy atom. The van der Waals surface area contributed by atoms with Gasteiger partial charge >= 0.3 is 0 Å². The molecule has 2 rings (SSSR count). The molecule has 0 radical (unpaired) electrons. The smallest absolute Gasteiger partial charge is 0.244 e. The molecule has 0 heterocycles. The highest BCUT2D eigenvalue weighted by atomic mass is 35.5. The molecule has 0 unspecified atom stereocenters. The molecule has 0 aromatic heterocycles. The maximum atomic E-state index is 12.0. The molecule has 24 heavy (non-hydrogen) atoms. The van der Waals surface area contributed by atoms with E-state index in [1.54, 1.807) is 18.2 Å². The number of ether oxygens (including phenoxy) is 1. The Balaban J connectivity index is 2.01. The van der Waals surface area contributed by atoms with Crippen molar-refractivity contribution in [2.75, 3.05) is 6.61 Å². The minimum atomic E-state index is -0.168. The molecule has 0 spiro atoms. The summed E-state index contributed by atoms with van der Waals surface area (Å²) in [5.41, 5.74) is 6.53. The van der Waals surface area contributed by atoms with E-state index in [1.807, 2.05) is 32.9 Å². The lowest BCUT2D eigenvalue weighted by molar-refractivity contribution is -0.120. The summed E-state index contributed by atoms with van der Waals surface area (Å²) < 4.78 is 5.51. The second-order valence-corrected chi connectivity index (χ2v) is 5.95. The van der Waals surface area contributed by atoms with Crippen molar-refractivity contribution in [1.29, 1.82) is 0 Å². The first-order valence-corrected chi connectivity index (χ1v) is 8.17. The van der Waals surface area contributed by atoms with Crippen LogP contribution in [0.3, 0.4) is 0 Å². The molecule has 0 bridgehead atoms. The zero-order valence-electron chi connectivity index (χ0n) is 14.1. The summed E-state index contributed by atoms with van der Waals surface area (Å²) in [7, 11) is 0. The van der Waals surface area contributed by atoms with Gasteiger partial charge in [-0.2, -0.15) is 5.10 Å². The zero-order valence-corrected chi connectivity index (χ0v) is 14.9. The highest BCUT2D eigenvalue weighted by molar-refractivity contribution is 6.30. The van der Waals surface area contributed by atoms with Gasteiger partial charge in [0.25, 0.3) is 0 Å². The van der Waals surface area contributed by atoms with Crippen molar-refractivity contribution >= 4 is 23.7 Å². The minimum Gasteiger partial charge on any atom is -0.493 e. The van der Waals surface area contributed by atoms with E-state index < -0.39 is 0 Å². The summed E-state index contributed by atoms with van der Waals surface area (Å²) in [5, 5.41) is 4.59. The fraction of sp³-hybridized carbons (Fsp3) is 0.263. The standard InChI is InChI=1S/C19H21ClN2O2/c1-4-24-18-8-7-17(20)10-16(18)12-21-22-19(23)11-15-6-5-13(2)9-14(15)3/h5-10,12H,4,11H2,1-3H3,(H,22,23)/b21-12+. The van der Waals surface area contributed by atoms with Crippen molar-refractivity contribution < 1.29 is 9.53 Å². The molecule has 2 aromatic rings. The highest BCUT2D eigenvalue weighted by Crippen LogP contribution is 2.21. The molecule has 0 aliphatic rings. The van der Waals surface area contributed by atoms with Crippen LogP contribution in [0, 0.1) is 13.8 Å². The van der Waals surface area contributed by atoms with Crippen LogP contribution in [0.1, 0.15) is 29.2 Å². The molecule has 0 fully saturated rings. The first-order chi connectivity index (χ1) is 11.5. The Labute approximate surface area is 147 Å². The van der Waals surface area contributed by atoms with Gasteiger partial charge in [0.15, 0.2) is 0 Å². The van der Waals surface area contributed by atoms with Crippen molar-refractivity contribution in [2.24, 2.45) is 5.10 Å². The van der Waals surface area contributed by atoms with Crippen LogP contribution in [0.2, 0.25) is 5.02 Å². The van der Waals surface area contributed by atoms with Gasteiger partial charge < -0.3 is 4.74 Å². The van der Waals surface area contributed by atoms with Crippen molar-refractivity contribution in [3.8, 4) is 5.75 Å². The maximum absolute atomic E-state index is 12.0. The number of hydrazone groups is 1. The number of halogens is 1. The molecule has 4 nitrogen and oxygen atoms in total. The van der Waals surface area contributed by atoms with E-state index in [-0.39, 0.29) is 12.3 Å². The van der Waals surface area contributed by atoms with Crippen LogP contribution < -0.4 is 10.2 Å². The lowest BCUT2D eigenvalue weighted by Gasteiger charge is -2.07. The Kier molecular flexibility index (Phi) is 6.38. The van der Waals surface area contributed by atoms with Gasteiger partial charge in [-0.25, -0.2) is 5.43 Å². The SMILES string of the molecule is CCOc1ccc(Cl)cc1/C=N/NC(=O)Cc1ccc(C)cc1C. The summed E-state index contributed by atoms with van der Waals surface area (Å²) in [5.74, 6) is 0.507. The van der Waals surface area contributed by atoms with Gasteiger partial charge in [0.05, 0.1) is 19.2 Å². The molecule has 126 valence electrons. The summed E-state index contributed by atoms with van der Waals surface area (Å²) in [6.45, 7) is 6.48. The normalized spacial score (nSPS) is 10.8. The number of carbonyl (C=O) groups is 1. The Morgan fingerprint density at radius 3 is 2.75 bits per heavy atom. The van der Waals surface area contributed by atoms with E-state index >= 15 is 0 Å². The molecule has 1 N–H and O–H groups in total. The van der Waals surface area contributed by atoms with Gasteiger partial charge in [0.1, 0.15) is 5.75 Å². The second-order valence-electron chi connectivity index (χ2n) is 5.52. The van der Waals surface area contributed by atoms with Gasteiger partial charge in [-0.1, -0.05) is 35.4 Å². The zero-order chi connectivity index (χ0) is 17.5. The lowest BCUT2D eigenvalue weighted by Crippen LogP contribution is -2.20. The third kappa shape index (κ3) is 5.10. The molecular formula is C19H21ClN2O2. The van der Waals surface area contributed by atoms with Crippen LogP contribution in [0.25, 0.3) is 0 Å². The van der Waals surface area contributed by atoms with E-state index in [4.69, 9.17) is 16.3 Å². The summed E-state index contributed by atoms with van der Waals surface area (Å²) in [6.07, 6.45) is 1.83.